The van der Waals surface area contributed by atoms with E-state index < -0.39 is 0 Å². The van der Waals surface area contributed by atoms with E-state index in [4.69, 9.17) is 9.47 Å². The number of benzene rings is 2. The van der Waals surface area contributed by atoms with Crippen LogP contribution < -0.4 is 14.4 Å². The topological polar surface area (TPSA) is 34.1 Å². The summed E-state index contributed by atoms with van der Waals surface area (Å²) in [6.07, 6.45) is 1.95. The maximum Gasteiger partial charge on any atom is 0.163 e. The first-order chi connectivity index (χ1) is 10.2. The third-order valence-corrected chi connectivity index (χ3v) is 3.61. The highest BCUT2D eigenvalue weighted by Crippen LogP contribution is 2.44. The molecule has 1 atom stereocenters. The Morgan fingerprint density at radius 2 is 1.67 bits per heavy atom. The second-order valence-corrected chi connectivity index (χ2v) is 4.92. The Balaban J connectivity index is 2.16. The Bertz CT molecular complexity index is 668. The molecule has 0 spiro atoms. The van der Waals surface area contributed by atoms with Crippen molar-refractivity contribution in [3.8, 4) is 11.5 Å². The van der Waals surface area contributed by atoms with Crippen LogP contribution in [-0.2, 0) is 0 Å². The van der Waals surface area contributed by atoms with Crippen LogP contribution in [0.5, 0.6) is 11.5 Å². The monoisotopic (exact) mass is 282 g/mol. The van der Waals surface area contributed by atoms with Gasteiger partial charge in [0.25, 0.3) is 0 Å². The normalized spacial score (nSPS) is 16.5. The molecule has 0 aromatic heterocycles. The number of hydrogen-bond donors (Lipinski definition) is 0. The Labute approximate surface area is 124 Å². The third-order valence-electron chi connectivity index (χ3n) is 3.61. The molecule has 3 rings (SSSR count). The number of rotatable bonds is 3. The summed E-state index contributed by atoms with van der Waals surface area (Å²) in [7, 11) is 3.28. The van der Waals surface area contributed by atoms with Gasteiger partial charge in [-0.2, -0.15) is 0 Å². The number of para-hydroxylation sites is 1. The lowest BCUT2D eigenvalue weighted by atomic mass is 10.1. The Morgan fingerprint density at radius 1 is 1.00 bits per heavy atom. The molecule has 0 saturated heterocycles. The molecule has 1 aliphatic rings. The molecule has 0 N–H and O–H groups in total. The van der Waals surface area contributed by atoms with Crippen LogP contribution in [-0.4, -0.2) is 26.5 Å². The number of nitrogens with zero attached hydrogens (tertiary/aromatic N) is 2. The molecule has 108 valence electrons. The predicted molar refractivity (Wildman–Crippen MR) is 85.7 cm³/mol. The van der Waals surface area contributed by atoms with Crippen LogP contribution in [0.4, 0.5) is 17.1 Å². The van der Waals surface area contributed by atoms with Crippen molar-refractivity contribution < 1.29 is 9.47 Å². The second kappa shape index (κ2) is 5.48. The number of methoxy groups -OCH3 is 2. The first-order valence-electron chi connectivity index (χ1n) is 6.89. The van der Waals surface area contributed by atoms with E-state index in [1.807, 2.05) is 36.5 Å². The highest BCUT2D eigenvalue weighted by molar-refractivity contribution is 5.90. The van der Waals surface area contributed by atoms with Gasteiger partial charge in [0.1, 0.15) is 0 Å². The van der Waals surface area contributed by atoms with E-state index in [9.17, 15) is 0 Å². The van der Waals surface area contributed by atoms with E-state index in [1.54, 1.807) is 14.2 Å². The smallest absolute Gasteiger partial charge is 0.163 e. The highest BCUT2D eigenvalue weighted by Gasteiger charge is 2.24. The van der Waals surface area contributed by atoms with Gasteiger partial charge in [-0.05, 0) is 19.1 Å². The van der Waals surface area contributed by atoms with Crippen molar-refractivity contribution in [3.63, 3.8) is 0 Å². The van der Waals surface area contributed by atoms with E-state index in [-0.39, 0.29) is 6.04 Å². The summed E-state index contributed by atoms with van der Waals surface area (Å²) in [5.41, 5.74) is 3.04. The molecule has 4 heteroatoms. The van der Waals surface area contributed by atoms with Crippen LogP contribution in [0.25, 0.3) is 0 Å². The van der Waals surface area contributed by atoms with Gasteiger partial charge in [-0.25, -0.2) is 0 Å². The fraction of sp³-hybridized carbons (Fsp3) is 0.235. The molecule has 2 aromatic carbocycles. The minimum Gasteiger partial charge on any atom is -0.493 e. The Kier molecular flexibility index (Phi) is 3.52. The van der Waals surface area contributed by atoms with Gasteiger partial charge in [0.15, 0.2) is 11.5 Å². The van der Waals surface area contributed by atoms with Crippen LogP contribution in [0.15, 0.2) is 47.5 Å². The average Bonchev–Trinajstić information content (AvgIpc) is 2.54. The van der Waals surface area contributed by atoms with Gasteiger partial charge in [0.05, 0.1) is 31.6 Å². The molecule has 21 heavy (non-hydrogen) atoms. The summed E-state index contributed by atoms with van der Waals surface area (Å²) < 4.78 is 10.8. The molecule has 0 radical (unpaired) electrons. The largest absolute Gasteiger partial charge is 0.493 e. The molecule has 2 aromatic rings. The maximum absolute atomic E-state index is 5.42. The van der Waals surface area contributed by atoms with Crippen LogP contribution in [0.3, 0.4) is 0 Å². The second-order valence-electron chi connectivity index (χ2n) is 4.92. The fourth-order valence-electron chi connectivity index (χ4n) is 2.59. The Hall–Kier alpha value is -2.49. The maximum atomic E-state index is 5.42. The van der Waals surface area contributed by atoms with Crippen LogP contribution in [0, 0.1) is 0 Å². The van der Waals surface area contributed by atoms with Gasteiger partial charge in [-0.3, -0.25) is 4.99 Å². The minimum absolute atomic E-state index is 0.179. The number of aliphatic imine (C=N–C) groups is 1. The fourth-order valence-corrected chi connectivity index (χ4v) is 2.59. The van der Waals surface area contributed by atoms with Crippen molar-refractivity contribution in [3.05, 3.63) is 42.5 Å². The summed E-state index contributed by atoms with van der Waals surface area (Å²) >= 11 is 0. The van der Waals surface area contributed by atoms with E-state index in [0.29, 0.717) is 11.5 Å². The summed E-state index contributed by atoms with van der Waals surface area (Å²) in [5, 5.41) is 0. The van der Waals surface area contributed by atoms with Crippen molar-refractivity contribution in [1.29, 1.82) is 0 Å². The summed E-state index contributed by atoms with van der Waals surface area (Å²) in [5.74, 6) is 1.40. The highest BCUT2D eigenvalue weighted by atomic mass is 16.5. The van der Waals surface area contributed by atoms with Crippen molar-refractivity contribution in [2.24, 2.45) is 4.99 Å². The van der Waals surface area contributed by atoms with E-state index >= 15 is 0 Å². The Morgan fingerprint density at radius 3 is 2.33 bits per heavy atom. The van der Waals surface area contributed by atoms with Gasteiger partial charge in [-0.1, -0.05) is 18.2 Å². The summed E-state index contributed by atoms with van der Waals surface area (Å²) in [6.45, 7) is 2.12. The molecule has 0 fully saturated rings. The molecular weight excluding hydrogens is 264 g/mol. The molecule has 0 saturated carbocycles. The lowest BCUT2D eigenvalue weighted by molar-refractivity contribution is 0.355. The number of anilines is 2. The van der Waals surface area contributed by atoms with Gasteiger partial charge in [-0.15, -0.1) is 0 Å². The third kappa shape index (κ3) is 2.33. The van der Waals surface area contributed by atoms with Crippen molar-refractivity contribution >= 4 is 23.3 Å². The lowest BCUT2D eigenvalue weighted by Gasteiger charge is -2.33. The van der Waals surface area contributed by atoms with Crippen LogP contribution in [0.1, 0.15) is 6.92 Å². The van der Waals surface area contributed by atoms with Crippen molar-refractivity contribution in [1.82, 2.24) is 0 Å². The molecule has 1 heterocycles. The molecule has 1 aliphatic heterocycles. The molecule has 4 nitrogen and oxygen atoms in total. The van der Waals surface area contributed by atoms with Gasteiger partial charge < -0.3 is 14.4 Å². The van der Waals surface area contributed by atoms with Crippen molar-refractivity contribution in [2.75, 3.05) is 19.1 Å². The molecule has 1 unspecified atom stereocenters. The molecule has 0 bridgehead atoms. The zero-order chi connectivity index (χ0) is 14.8. The van der Waals surface area contributed by atoms with Crippen molar-refractivity contribution in [2.45, 2.75) is 13.0 Å². The molecule has 0 amide bonds. The zero-order valence-corrected chi connectivity index (χ0v) is 12.4. The summed E-state index contributed by atoms with van der Waals surface area (Å²) in [6, 6.07) is 14.3. The quantitative estimate of drug-likeness (QED) is 0.855. The summed E-state index contributed by atoms with van der Waals surface area (Å²) in [4.78, 5) is 6.77. The predicted octanol–water partition coefficient (Wildman–Crippen LogP) is 3.95. The van der Waals surface area contributed by atoms with E-state index in [1.165, 1.54) is 0 Å². The van der Waals surface area contributed by atoms with Gasteiger partial charge in [0.2, 0.25) is 0 Å². The lowest BCUT2D eigenvalue weighted by Crippen LogP contribution is -2.31. The SMILES string of the molecule is COc1cc2c(cc1OC)N(c1ccccc1)C(C)C=N2. The number of hydrogen-bond acceptors (Lipinski definition) is 4. The standard InChI is InChI=1S/C17H18N2O2/c1-12-11-18-14-9-16(20-2)17(21-3)10-15(14)19(12)13-7-5-4-6-8-13/h4-12H,1-3H3. The van der Waals surface area contributed by atoms with E-state index in [2.05, 4.69) is 28.9 Å². The van der Waals surface area contributed by atoms with Gasteiger partial charge in [0, 0.05) is 24.0 Å². The first-order valence-corrected chi connectivity index (χ1v) is 6.89. The zero-order valence-electron chi connectivity index (χ0n) is 12.4. The van der Waals surface area contributed by atoms with Gasteiger partial charge >= 0.3 is 0 Å². The average molecular weight is 282 g/mol. The molecular formula is C17H18N2O2. The first kappa shape index (κ1) is 13.5. The number of ether oxygens (including phenoxy) is 2. The number of fused-ring (bicyclic) bond motifs is 1. The van der Waals surface area contributed by atoms with Crippen LogP contribution >= 0.6 is 0 Å². The molecule has 0 aliphatic carbocycles. The van der Waals surface area contributed by atoms with Crippen LogP contribution in [0.2, 0.25) is 0 Å². The van der Waals surface area contributed by atoms with E-state index in [0.717, 1.165) is 17.1 Å². The minimum atomic E-state index is 0.179.